The molecule has 0 atom stereocenters. The van der Waals surface area contributed by atoms with Gasteiger partial charge in [-0.3, -0.25) is 4.79 Å². The van der Waals surface area contributed by atoms with Crippen LogP contribution < -0.4 is 15.9 Å². The molecule has 1 amide bonds. The van der Waals surface area contributed by atoms with Crippen molar-refractivity contribution in [3.05, 3.63) is 64.8 Å². The van der Waals surface area contributed by atoms with Crippen molar-refractivity contribution < 1.29 is 14.2 Å². The van der Waals surface area contributed by atoms with Gasteiger partial charge in [0.1, 0.15) is 11.4 Å². The molecule has 0 aliphatic heterocycles. The summed E-state index contributed by atoms with van der Waals surface area (Å²) in [4.78, 5) is 12.9. The fourth-order valence-electron chi connectivity index (χ4n) is 2.87. The van der Waals surface area contributed by atoms with Gasteiger partial charge in [0, 0.05) is 16.1 Å². The number of benzene rings is 2. The number of halogens is 1. The Bertz CT molecular complexity index is 1280. The molecule has 12 heteroatoms. The van der Waals surface area contributed by atoms with Gasteiger partial charge in [-0.1, -0.05) is 47.1 Å². The lowest BCUT2D eigenvalue weighted by atomic mass is 10.1. The van der Waals surface area contributed by atoms with E-state index in [9.17, 15) is 4.79 Å². The van der Waals surface area contributed by atoms with Crippen LogP contribution in [0.15, 0.2) is 58.3 Å². The Morgan fingerprint density at radius 3 is 2.88 bits per heavy atom. The summed E-state index contributed by atoms with van der Waals surface area (Å²) >= 11 is 6.10. The first-order valence-corrected chi connectivity index (χ1v) is 9.81. The molecule has 0 saturated carbocycles. The van der Waals surface area contributed by atoms with Crippen LogP contribution in [0.5, 0.6) is 5.75 Å². The molecule has 32 heavy (non-hydrogen) atoms. The minimum Gasteiger partial charge on any atom is -0.494 e. The fraction of sp³-hybridized carbons (Fsp3) is 0.100. The number of nitrogens with one attached hydrogen (secondary N) is 1. The highest BCUT2D eigenvalue weighted by molar-refractivity contribution is 6.33. The molecule has 3 N–H and O–H groups in total. The third kappa shape index (κ3) is 4.27. The van der Waals surface area contributed by atoms with Crippen molar-refractivity contribution in [1.82, 2.24) is 30.7 Å². The number of nitrogens with zero attached hydrogens (tertiary/aromatic N) is 6. The first-order chi connectivity index (χ1) is 15.6. The standard InChI is InChI=1S/C20H17ClN8O3/c1-2-31-14-8-5-7-12(10-14)17-16(24-28-29(17)19-18(22)26-32-27-19)20(30)25-23-11-13-6-3-4-9-15(13)21/h3-11H,2H2,1H3,(H2,22,26)(H,25,30). The highest BCUT2D eigenvalue weighted by atomic mass is 35.5. The van der Waals surface area contributed by atoms with E-state index >= 15 is 0 Å². The van der Waals surface area contributed by atoms with E-state index in [1.807, 2.05) is 6.92 Å². The largest absolute Gasteiger partial charge is 0.494 e. The van der Waals surface area contributed by atoms with E-state index in [0.29, 0.717) is 34.2 Å². The molecule has 2 aromatic carbocycles. The number of hydrogen-bond donors (Lipinski definition) is 2. The van der Waals surface area contributed by atoms with Crippen molar-refractivity contribution >= 4 is 29.5 Å². The lowest BCUT2D eigenvalue weighted by Crippen LogP contribution is -2.19. The van der Waals surface area contributed by atoms with Crippen molar-refractivity contribution in [3.8, 4) is 22.8 Å². The van der Waals surface area contributed by atoms with E-state index in [1.165, 1.54) is 10.9 Å². The van der Waals surface area contributed by atoms with Gasteiger partial charge in [-0.05, 0) is 35.4 Å². The molecule has 0 radical (unpaired) electrons. The molecule has 0 saturated heterocycles. The normalized spacial score (nSPS) is 11.1. The number of hydrogen-bond acceptors (Lipinski definition) is 9. The van der Waals surface area contributed by atoms with E-state index in [-0.39, 0.29) is 17.3 Å². The molecule has 0 spiro atoms. The van der Waals surface area contributed by atoms with E-state index in [0.717, 1.165) is 0 Å². The van der Waals surface area contributed by atoms with Crippen LogP contribution in [0.25, 0.3) is 17.1 Å². The number of amides is 1. The van der Waals surface area contributed by atoms with Gasteiger partial charge >= 0.3 is 0 Å². The average Bonchev–Trinajstić information content (AvgIpc) is 3.41. The number of rotatable bonds is 7. The summed E-state index contributed by atoms with van der Waals surface area (Å²) in [6.45, 7) is 2.35. The summed E-state index contributed by atoms with van der Waals surface area (Å²) in [5.74, 6) is 0.0761. The molecule has 0 aliphatic carbocycles. The van der Waals surface area contributed by atoms with Crippen molar-refractivity contribution in [1.29, 1.82) is 0 Å². The molecule has 11 nitrogen and oxygen atoms in total. The Balaban J connectivity index is 1.71. The summed E-state index contributed by atoms with van der Waals surface area (Å²) in [5.41, 5.74) is 9.77. The predicted octanol–water partition coefficient (Wildman–Crippen LogP) is 2.72. The molecule has 2 aromatic heterocycles. The summed E-state index contributed by atoms with van der Waals surface area (Å²) in [6.07, 6.45) is 1.43. The van der Waals surface area contributed by atoms with Gasteiger partial charge in [-0.2, -0.15) is 9.78 Å². The van der Waals surface area contributed by atoms with E-state index in [2.05, 4.69) is 35.8 Å². The Kier molecular flexibility index (Phi) is 6.08. The molecule has 0 bridgehead atoms. The number of hydrazone groups is 1. The Morgan fingerprint density at radius 1 is 1.28 bits per heavy atom. The zero-order valence-electron chi connectivity index (χ0n) is 16.8. The SMILES string of the molecule is CCOc1cccc(-c2c(C(=O)NN=Cc3ccccc3Cl)nnn2-c2nonc2N)c1. The zero-order chi connectivity index (χ0) is 22.5. The van der Waals surface area contributed by atoms with Crippen LogP contribution in [0, 0.1) is 0 Å². The first kappa shape index (κ1) is 21.0. The highest BCUT2D eigenvalue weighted by Crippen LogP contribution is 2.29. The molecule has 162 valence electrons. The zero-order valence-corrected chi connectivity index (χ0v) is 17.5. The average molecular weight is 453 g/mol. The van der Waals surface area contributed by atoms with Crippen LogP contribution in [0.4, 0.5) is 5.82 Å². The van der Waals surface area contributed by atoms with Crippen molar-refractivity contribution in [2.45, 2.75) is 6.92 Å². The van der Waals surface area contributed by atoms with Gasteiger partial charge in [0.25, 0.3) is 5.91 Å². The molecule has 4 rings (SSSR count). The van der Waals surface area contributed by atoms with Crippen LogP contribution in [-0.2, 0) is 0 Å². The number of carbonyl (C=O) groups excluding carboxylic acids is 1. The van der Waals surface area contributed by atoms with E-state index < -0.39 is 5.91 Å². The second-order valence-corrected chi connectivity index (χ2v) is 6.76. The van der Waals surface area contributed by atoms with Crippen molar-refractivity contribution in [3.63, 3.8) is 0 Å². The van der Waals surface area contributed by atoms with Crippen LogP contribution in [-0.4, -0.2) is 44.0 Å². The highest BCUT2D eigenvalue weighted by Gasteiger charge is 2.25. The lowest BCUT2D eigenvalue weighted by Gasteiger charge is -2.08. The molecule has 0 fully saturated rings. The van der Waals surface area contributed by atoms with Crippen LogP contribution in [0.2, 0.25) is 5.02 Å². The van der Waals surface area contributed by atoms with Gasteiger partial charge in [-0.15, -0.1) is 5.10 Å². The van der Waals surface area contributed by atoms with Crippen molar-refractivity contribution in [2.24, 2.45) is 5.10 Å². The maximum atomic E-state index is 12.9. The summed E-state index contributed by atoms with van der Waals surface area (Å²) in [5, 5.41) is 19.8. The first-order valence-electron chi connectivity index (χ1n) is 9.43. The second kappa shape index (κ2) is 9.27. The van der Waals surface area contributed by atoms with Gasteiger partial charge in [0.15, 0.2) is 5.69 Å². The monoisotopic (exact) mass is 452 g/mol. The fourth-order valence-corrected chi connectivity index (χ4v) is 3.06. The van der Waals surface area contributed by atoms with Gasteiger partial charge in [0.05, 0.1) is 12.8 Å². The predicted molar refractivity (Wildman–Crippen MR) is 117 cm³/mol. The molecular weight excluding hydrogens is 436 g/mol. The number of nitrogens with two attached hydrogens (primary N) is 1. The number of anilines is 1. The number of carbonyl (C=O) groups is 1. The number of aromatic nitrogens is 5. The molecule has 0 unspecified atom stereocenters. The van der Waals surface area contributed by atoms with Gasteiger partial charge < -0.3 is 10.5 Å². The second-order valence-electron chi connectivity index (χ2n) is 6.35. The molecular formula is C20H17ClN8O3. The van der Waals surface area contributed by atoms with Crippen LogP contribution in [0.3, 0.4) is 0 Å². The maximum absolute atomic E-state index is 12.9. The minimum absolute atomic E-state index is 0.0131. The number of nitrogen functional groups attached to an aromatic ring is 1. The number of ether oxygens (including phenoxy) is 1. The van der Waals surface area contributed by atoms with Gasteiger partial charge in [0.2, 0.25) is 11.6 Å². The Hall–Kier alpha value is -4.25. The quantitative estimate of drug-likeness (QED) is 0.321. The van der Waals surface area contributed by atoms with Crippen LogP contribution >= 0.6 is 11.6 Å². The maximum Gasteiger partial charge on any atom is 0.294 e. The van der Waals surface area contributed by atoms with Crippen molar-refractivity contribution in [2.75, 3.05) is 12.3 Å². The summed E-state index contributed by atoms with van der Waals surface area (Å²) < 4.78 is 11.5. The van der Waals surface area contributed by atoms with Crippen LogP contribution in [0.1, 0.15) is 23.0 Å². The van der Waals surface area contributed by atoms with E-state index in [4.69, 9.17) is 22.1 Å². The summed E-state index contributed by atoms with van der Waals surface area (Å²) in [7, 11) is 0. The van der Waals surface area contributed by atoms with Gasteiger partial charge in [-0.25, -0.2) is 10.1 Å². The molecule has 4 aromatic rings. The Labute approximate surface area is 186 Å². The molecule has 2 heterocycles. The smallest absolute Gasteiger partial charge is 0.294 e. The van der Waals surface area contributed by atoms with E-state index in [1.54, 1.807) is 48.5 Å². The third-order valence-electron chi connectivity index (χ3n) is 4.27. The topological polar surface area (TPSA) is 146 Å². The molecule has 0 aliphatic rings. The Morgan fingerprint density at radius 2 is 2.12 bits per heavy atom. The minimum atomic E-state index is -0.605. The summed E-state index contributed by atoms with van der Waals surface area (Å²) in [6, 6.07) is 14.2. The third-order valence-corrected chi connectivity index (χ3v) is 4.62. The lowest BCUT2D eigenvalue weighted by molar-refractivity contribution is 0.0950.